The van der Waals surface area contributed by atoms with Crippen molar-refractivity contribution in [1.82, 2.24) is 4.98 Å². The van der Waals surface area contributed by atoms with E-state index < -0.39 is 24.1 Å². The second kappa shape index (κ2) is 6.10. The van der Waals surface area contributed by atoms with Crippen molar-refractivity contribution in [3.05, 3.63) is 53.7 Å². The van der Waals surface area contributed by atoms with E-state index in [-0.39, 0.29) is 5.75 Å². The Hall–Kier alpha value is -2.50. The normalized spacial score (nSPS) is 10.2. The average Bonchev–Trinajstić information content (AvgIpc) is 2.37. The number of carbonyl (C=O) groups is 1. The minimum Gasteiger partial charge on any atom is -0.481 e. The van der Waals surface area contributed by atoms with E-state index in [0.29, 0.717) is 11.9 Å². The molecule has 1 N–H and O–H groups in total. The van der Waals surface area contributed by atoms with Gasteiger partial charge in [-0.1, -0.05) is 0 Å². The molecule has 0 spiro atoms. The van der Waals surface area contributed by atoms with E-state index >= 15 is 0 Å². The smallest absolute Gasteiger partial charge is 0.263 e. The molecule has 20 heavy (non-hydrogen) atoms. The van der Waals surface area contributed by atoms with Crippen LogP contribution >= 0.6 is 0 Å². The number of ether oxygens (including phenoxy) is 1. The molecular formula is C14H12F2N2O2. The van der Waals surface area contributed by atoms with Gasteiger partial charge in [-0.3, -0.25) is 4.79 Å². The number of aryl methyl sites for hydroxylation is 1. The summed E-state index contributed by atoms with van der Waals surface area (Å²) in [7, 11) is 0. The van der Waals surface area contributed by atoms with Gasteiger partial charge in [0, 0.05) is 12.3 Å². The highest BCUT2D eigenvalue weighted by Gasteiger charge is 2.08. The van der Waals surface area contributed by atoms with Crippen molar-refractivity contribution in [2.24, 2.45) is 0 Å². The zero-order valence-corrected chi connectivity index (χ0v) is 10.7. The van der Waals surface area contributed by atoms with Crippen LogP contribution < -0.4 is 10.1 Å². The summed E-state index contributed by atoms with van der Waals surface area (Å²) in [4.78, 5) is 15.6. The van der Waals surface area contributed by atoms with Crippen LogP contribution in [0.2, 0.25) is 0 Å². The minimum atomic E-state index is -0.855. The number of pyridine rings is 1. The lowest BCUT2D eigenvalue weighted by molar-refractivity contribution is -0.118. The summed E-state index contributed by atoms with van der Waals surface area (Å²) in [5.41, 5.74) is 0.945. The molecule has 0 bridgehead atoms. The Balaban J connectivity index is 1.92. The molecular weight excluding hydrogens is 266 g/mol. The number of halogens is 2. The molecule has 1 amide bonds. The molecule has 0 unspecified atom stereocenters. The Morgan fingerprint density at radius 3 is 2.80 bits per heavy atom. The number of amides is 1. The lowest BCUT2D eigenvalue weighted by Gasteiger charge is -2.08. The quantitative estimate of drug-likeness (QED) is 0.935. The van der Waals surface area contributed by atoms with Gasteiger partial charge in [0.1, 0.15) is 11.6 Å². The van der Waals surface area contributed by atoms with E-state index in [1.807, 2.05) is 6.92 Å². The van der Waals surface area contributed by atoms with Gasteiger partial charge >= 0.3 is 0 Å². The third-order valence-electron chi connectivity index (χ3n) is 2.44. The number of rotatable bonds is 4. The van der Waals surface area contributed by atoms with E-state index in [4.69, 9.17) is 4.74 Å². The number of aromatic nitrogens is 1. The van der Waals surface area contributed by atoms with Crippen LogP contribution in [0, 0.1) is 18.6 Å². The second-order valence-corrected chi connectivity index (χ2v) is 4.13. The molecule has 0 radical (unpaired) electrons. The molecule has 2 aromatic rings. The van der Waals surface area contributed by atoms with Gasteiger partial charge in [-0.15, -0.1) is 0 Å². The summed E-state index contributed by atoms with van der Waals surface area (Å²) in [6.45, 7) is 1.47. The first kappa shape index (κ1) is 13.9. The number of carbonyl (C=O) groups excluding carboxylic acids is 1. The Labute approximate surface area is 114 Å². The maximum Gasteiger partial charge on any atom is 0.263 e. The third-order valence-corrected chi connectivity index (χ3v) is 2.44. The zero-order valence-electron chi connectivity index (χ0n) is 10.7. The molecule has 0 saturated heterocycles. The summed E-state index contributed by atoms with van der Waals surface area (Å²) in [6.07, 6.45) is 1.56. The molecule has 0 aliphatic heterocycles. The molecule has 1 aromatic carbocycles. The fourth-order valence-electron chi connectivity index (χ4n) is 1.52. The highest BCUT2D eigenvalue weighted by atomic mass is 19.1. The molecule has 104 valence electrons. The molecule has 0 saturated carbocycles. The van der Waals surface area contributed by atoms with Crippen molar-refractivity contribution >= 4 is 11.7 Å². The number of nitrogens with one attached hydrogen (secondary N) is 1. The van der Waals surface area contributed by atoms with Gasteiger partial charge in [0.25, 0.3) is 5.91 Å². The van der Waals surface area contributed by atoms with Crippen molar-refractivity contribution in [2.45, 2.75) is 6.92 Å². The van der Waals surface area contributed by atoms with Crippen molar-refractivity contribution in [2.75, 3.05) is 11.9 Å². The van der Waals surface area contributed by atoms with Gasteiger partial charge < -0.3 is 10.1 Å². The van der Waals surface area contributed by atoms with Gasteiger partial charge in [0.2, 0.25) is 0 Å². The first-order valence-electron chi connectivity index (χ1n) is 5.85. The average molecular weight is 278 g/mol. The van der Waals surface area contributed by atoms with Crippen LogP contribution in [0.3, 0.4) is 0 Å². The van der Waals surface area contributed by atoms with E-state index in [9.17, 15) is 13.6 Å². The molecule has 1 heterocycles. The number of nitrogens with zero attached hydrogens (tertiary/aromatic N) is 1. The fraction of sp³-hybridized carbons (Fsp3) is 0.143. The summed E-state index contributed by atoms with van der Waals surface area (Å²) >= 11 is 0. The van der Waals surface area contributed by atoms with Crippen molar-refractivity contribution in [3.63, 3.8) is 0 Å². The monoisotopic (exact) mass is 278 g/mol. The molecule has 4 nitrogen and oxygen atoms in total. The highest BCUT2D eigenvalue weighted by molar-refractivity contribution is 5.90. The Morgan fingerprint density at radius 1 is 1.30 bits per heavy atom. The molecule has 0 aliphatic rings. The summed E-state index contributed by atoms with van der Waals surface area (Å²) in [6, 6.07) is 6.35. The highest BCUT2D eigenvalue weighted by Crippen LogP contribution is 2.17. The number of hydrogen-bond acceptors (Lipinski definition) is 3. The summed E-state index contributed by atoms with van der Waals surface area (Å²) in [5.74, 6) is -1.83. The molecule has 0 fully saturated rings. The Bertz CT molecular complexity index is 632. The Kier molecular flexibility index (Phi) is 4.24. The first-order chi connectivity index (χ1) is 9.54. The fourth-order valence-corrected chi connectivity index (χ4v) is 1.52. The van der Waals surface area contributed by atoms with Crippen LogP contribution in [0.1, 0.15) is 5.56 Å². The topological polar surface area (TPSA) is 51.2 Å². The lowest BCUT2D eigenvalue weighted by Crippen LogP contribution is -2.21. The van der Waals surface area contributed by atoms with E-state index in [0.717, 1.165) is 17.7 Å². The van der Waals surface area contributed by atoms with Crippen LogP contribution in [0.25, 0.3) is 0 Å². The van der Waals surface area contributed by atoms with E-state index in [1.54, 1.807) is 18.3 Å². The second-order valence-electron chi connectivity index (χ2n) is 4.13. The molecule has 2 rings (SSSR count). The molecule has 0 aliphatic carbocycles. The molecule has 1 aromatic heterocycles. The van der Waals surface area contributed by atoms with Gasteiger partial charge in [-0.05, 0) is 36.8 Å². The lowest BCUT2D eigenvalue weighted by atomic mass is 10.3. The van der Waals surface area contributed by atoms with Crippen LogP contribution in [0.15, 0.2) is 36.5 Å². The van der Waals surface area contributed by atoms with Crippen molar-refractivity contribution in [1.29, 1.82) is 0 Å². The van der Waals surface area contributed by atoms with Gasteiger partial charge in [-0.2, -0.15) is 0 Å². The number of benzene rings is 1. The minimum absolute atomic E-state index is 0.182. The third kappa shape index (κ3) is 3.74. The van der Waals surface area contributed by atoms with Crippen molar-refractivity contribution < 1.29 is 18.3 Å². The SMILES string of the molecule is Cc1ccnc(NC(=O)COc2ccc(F)cc2F)c1. The van der Waals surface area contributed by atoms with Gasteiger partial charge in [-0.25, -0.2) is 13.8 Å². The standard InChI is InChI=1S/C14H12F2N2O2/c1-9-4-5-17-13(6-9)18-14(19)8-20-12-3-2-10(15)7-11(12)16/h2-7H,8H2,1H3,(H,17,18,19). The maximum absolute atomic E-state index is 13.3. The zero-order chi connectivity index (χ0) is 14.5. The van der Waals surface area contributed by atoms with Crippen LogP contribution in [-0.4, -0.2) is 17.5 Å². The predicted molar refractivity (Wildman–Crippen MR) is 69.5 cm³/mol. The van der Waals surface area contributed by atoms with Crippen LogP contribution in [0.5, 0.6) is 5.75 Å². The van der Waals surface area contributed by atoms with Gasteiger partial charge in [0.05, 0.1) is 0 Å². The predicted octanol–water partition coefficient (Wildman–Crippen LogP) is 2.69. The van der Waals surface area contributed by atoms with E-state index in [2.05, 4.69) is 10.3 Å². The molecule has 6 heteroatoms. The summed E-state index contributed by atoms with van der Waals surface area (Å²) < 4.78 is 30.9. The van der Waals surface area contributed by atoms with E-state index in [1.165, 1.54) is 0 Å². The number of hydrogen-bond donors (Lipinski definition) is 1. The van der Waals surface area contributed by atoms with Crippen molar-refractivity contribution in [3.8, 4) is 5.75 Å². The number of anilines is 1. The largest absolute Gasteiger partial charge is 0.481 e. The summed E-state index contributed by atoms with van der Waals surface area (Å²) in [5, 5.41) is 2.51. The maximum atomic E-state index is 13.3. The first-order valence-corrected chi connectivity index (χ1v) is 5.85. The van der Waals surface area contributed by atoms with Gasteiger partial charge in [0.15, 0.2) is 18.2 Å². The molecule has 0 atom stereocenters. The Morgan fingerprint density at radius 2 is 2.10 bits per heavy atom. The van der Waals surface area contributed by atoms with Crippen LogP contribution in [0.4, 0.5) is 14.6 Å². The van der Waals surface area contributed by atoms with Crippen LogP contribution in [-0.2, 0) is 4.79 Å².